The second-order valence-electron chi connectivity index (χ2n) is 5.52. The van der Waals surface area contributed by atoms with E-state index in [2.05, 4.69) is 63.9 Å². The SMILES string of the molecule is CCCC(C)N(C)C(c1cccc(C)c1)C(C)N. The zero-order valence-corrected chi connectivity index (χ0v) is 12.5. The van der Waals surface area contributed by atoms with Crippen molar-refractivity contribution in [3.05, 3.63) is 35.4 Å². The van der Waals surface area contributed by atoms with Crippen LogP contribution in [-0.4, -0.2) is 24.0 Å². The van der Waals surface area contributed by atoms with Crippen LogP contribution in [0.3, 0.4) is 0 Å². The third kappa shape index (κ3) is 3.82. The lowest BCUT2D eigenvalue weighted by Gasteiger charge is -2.36. The Labute approximate surface area is 112 Å². The maximum Gasteiger partial charge on any atom is 0.0496 e. The van der Waals surface area contributed by atoms with Gasteiger partial charge in [0.05, 0.1) is 0 Å². The van der Waals surface area contributed by atoms with E-state index in [0.29, 0.717) is 12.1 Å². The molecule has 1 aromatic carbocycles. The van der Waals surface area contributed by atoms with Gasteiger partial charge in [0.1, 0.15) is 0 Å². The summed E-state index contributed by atoms with van der Waals surface area (Å²) >= 11 is 0. The molecule has 0 saturated carbocycles. The van der Waals surface area contributed by atoms with Gasteiger partial charge in [0.15, 0.2) is 0 Å². The molecule has 0 amide bonds. The van der Waals surface area contributed by atoms with Gasteiger partial charge in [-0.25, -0.2) is 0 Å². The largest absolute Gasteiger partial charge is 0.326 e. The lowest BCUT2D eigenvalue weighted by atomic mass is 9.96. The van der Waals surface area contributed by atoms with Gasteiger partial charge in [0.2, 0.25) is 0 Å². The average molecular weight is 248 g/mol. The maximum absolute atomic E-state index is 6.21. The van der Waals surface area contributed by atoms with Crippen LogP contribution < -0.4 is 5.73 Å². The molecule has 0 aromatic heterocycles. The topological polar surface area (TPSA) is 29.3 Å². The smallest absolute Gasteiger partial charge is 0.0496 e. The molecule has 0 aliphatic rings. The van der Waals surface area contributed by atoms with Crippen LogP contribution in [0.5, 0.6) is 0 Å². The van der Waals surface area contributed by atoms with E-state index >= 15 is 0 Å². The Bertz CT molecular complexity index is 360. The highest BCUT2D eigenvalue weighted by Crippen LogP contribution is 2.26. The van der Waals surface area contributed by atoms with Crippen LogP contribution in [0, 0.1) is 6.92 Å². The highest BCUT2D eigenvalue weighted by molar-refractivity contribution is 5.26. The lowest BCUT2D eigenvalue weighted by Crippen LogP contribution is -2.41. The van der Waals surface area contributed by atoms with Gasteiger partial charge >= 0.3 is 0 Å². The van der Waals surface area contributed by atoms with E-state index in [-0.39, 0.29) is 6.04 Å². The minimum atomic E-state index is 0.135. The summed E-state index contributed by atoms with van der Waals surface area (Å²) < 4.78 is 0. The first-order valence-electron chi connectivity index (χ1n) is 7.01. The minimum absolute atomic E-state index is 0.135. The highest BCUT2D eigenvalue weighted by Gasteiger charge is 2.24. The molecule has 0 bridgehead atoms. The standard InChI is InChI=1S/C16H28N2/c1-6-8-13(3)18(5)16(14(4)17)15-10-7-9-12(2)11-15/h7,9-11,13-14,16H,6,8,17H2,1-5H3. The summed E-state index contributed by atoms with van der Waals surface area (Å²) in [7, 11) is 2.19. The number of nitrogens with two attached hydrogens (primary N) is 1. The third-order valence-electron chi connectivity index (χ3n) is 3.72. The Morgan fingerprint density at radius 3 is 2.44 bits per heavy atom. The van der Waals surface area contributed by atoms with Gasteiger partial charge in [-0.15, -0.1) is 0 Å². The molecule has 0 saturated heterocycles. The van der Waals surface area contributed by atoms with Gasteiger partial charge in [-0.1, -0.05) is 43.2 Å². The molecule has 1 aromatic rings. The van der Waals surface area contributed by atoms with Gasteiger partial charge in [0, 0.05) is 18.1 Å². The van der Waals surface area contributed by atoms with Crippen LogP contribution in [-0.2, 0) is 0 Å². The number of benzene rings is 1. The number of nitrogens with zero attached hydrogens (tertiary/aromatic N) is 1. The first-order chi connectivity index (χ1) is 8.47. The van der Waals surface area contributed by atoms with E-state index in [1.807, 2.05) is 0 Å². The van der Waals surface area contributed by atoms with Crippen molar-refractivity contribution in [3.63, 3.8) is 0 Å². The molecule has 2 N–H and O–H groups in total. The van der Waals surface area contributed by atoms with Crippen LogP contribution in [0.15, 0.2) is 24.3 Å². The molecule has 0 heterocycles. The molecule has 3 unspecified atom stereocenters. The van der Waals surface area contributed by atoms with Crippen molar-refractivity contribution >= 4 is 0 Å². The maximum atomic E-state index is 6.21. The van der Waals surface area contributed by atoms with E-state index < -0.39 is 0 Å². The lowest BCUT2D eigenvalue weighted by molar-refractivity contribution is 0.157. The van der Waals surface area contributed by atoms with Gasteiger partial charge in [-0.3, -0.25) is 4.90 Å². The fourth-order valence-electron chi connectivity index (χ4n) is 2.66. The molecule has 0 aliphatic heterocycles. The molecule has 102 valence electrons. The summed E-state index contributed by atoms with van der Waals surface area (Å²) in [6, 6.07) is 9.70. The summed E-state index contributed by atoms with van der Waals surface area (Å²) in [6.45, 7) is 8.76. The van der Waals surface area contributed by atoms with Gasteiger partial charge in [0.25, 0.3) is 0 Å². The predicted octanol–water partition coefficient (Wildman–Crippen LogP) is 3.50. The Morgan fingerprint density at radius 2 is 1.94 bits per heavy atom. The Hall–Kier alpha value is -0.860. The van der Waals surface area contributed by atoms with Crippen LogP contribution in [0.2, 0.25) is 0 Å². The Morgan fingerprint density at radius 1 is 1.28 bits per heavy atom. The van der Waals surface area contributed by atoms with E-state index in [0.717, 1.165) is 0 Å². The van der Waals surface area contributed by atoms with Crippen molar-refractivity contribution in [2.75, 3.05) is 7.05 Å². The van der Waals surface area contributed by atoms with Crippen molar-refractivity contribution in [1.82, 2.24) is 4.90 Å². The number of hydrogen-bond acceptors (Lipinski definition) is 2. The summed E-state index contributed by atoms with van der Waals surface area (Å²) in [6.07, 6.45) is 2.43. The fraction of sp³-hybridized carbons (Fsp3) is 0.625. The second-order valence-corrected chi connectivity index (χ2v) is 5.52. The van der Waals surface area contributed by atoms with E-state index in [1.165, 1.54) is 24.0 Å². The third-order valence-corrected chi connectivity index (χ3v) is 3.72. The molecule has 0 radical (unpaired) electrons. The van der Waals surface area contributed by atoms with E-state index in [4.69, 9.17) is 5.73 Å². The zero-order valence-electron chi connectivity index (χ0n) is 12.5. The first-order valence-corrected chi connectivity index (χ1v) is 7.01. The minimum Gasteiger partial charge on any atom is -0.326 e. The first kappa shape index (κ1) is 15.2. The van der Waals surface area contributed by atoms with Crippen molar-refractivity contribution in [1.29, 1.82) is 0 Å². The summed E-state index contributed by atoms with van der Waals surface area (Å²) in [4.78, 5) is 2.42. The summed E-state index contributed by atoms with van der Waals surface area (Å²) in [5, 5.41) is 0. The highest BCUT2D eigenvalue weighted by atomic mass is 15.2. The number of rotatable bonds is 6. The molecule has 0 fully saturated rings. The summed E-state index contributed by atoms with van der Waals surface area (Å²) in [5.41, 5.74) is 8.84. The molecule has 0 spiro atoms. The predicted molar refractivity (Wildman–Crippen MR) is 79.7 cm³/mol. The van der Waals surface area contributed by atoms with Gasteiger partial charge < -0.3 is 5.73 Å². The van der Waals surface area contributed by atoms with Crippen molar-refractivity contribution in [3.8, 4) is 0 Å². The average Bonchev–Trinajstić information content (AvgIpc) is 2.29. The Kier molecular flexibility index (Phi) is 5.83. The van der Waals surface area contributed by atoms with Crippen LogP contribution in [0.25, 0.3) is 0 Å². The molecule has 2 heteroatoms. The van der Waals surface area contributed by atoms with Crippen molar-refractivity contribution in [2.45, 2.75) is 58.7 Å². The zero-order chi connectivity index (χ0) is 13.7. The van der Waals surface area contributed by atoms with Crippen molar-refractivity contribution < 1.29 is 0 Å². The molecular weight excluding hydrogens is 220 g/mol. The molecule has 3 atom stereocenters. The molecule has 0 aliphatic carbocycles. The van der Waals surface area contributed by atoms with Crippen LogP contribution in [0.1, 0.15) is 50.8 Å². The molecule has 18 heavy (non-hydrogen) atoms. The van der Waals surface area contributed by atoms with Crippen LogP contribution in [0.4, 0.5) is 0 Å². The van der Waals surface area contributed by atoms with Crippen molar-refractivity contribution in [2.24, 2.45) is 5.73 Å². The molecular formula is C16H28N2. The molecule has 2 nitrogen and oxygen atoms in total. The monoisotopic (exact) mass is 248 g/mol. The number of aryl methyl sites for hydroxylation is 1. The fourth-order valence-corrected chi connectivity index (χ4v) is 2.66. The Balaban J connectivity index is 2.95. The molecule has 1 rings (SSSR count). The normalized spacial score (nSPS) is 16.6. The number of hydrogen-bond donors (Lipinski definition) is 1. The van der Waals surface area contributed by atoms with Gasteiger partial charge in [-0.05, 0) is 39.8 Å². The van der Waals surface area contributed by atoms with E-state index in [9.17, 15) is 0 Å². The van der Waals surface area contributed by atoms with E-state index in [1.54, 1.807) is 0 Å². The quantitative estimate of drug-likeness (QED) is 0.835. The van der Waals surface area contributed by atoms with Gasteiger partial charge in [-0.2, -0.15) is 0 Å². The number of likely N-dealkylation sites (N-methyl/N-ethyl adjacent to an activating group) is 1. The second kappa shape index (κ2) is 6.91. The van der Waals surface area contributed by atoms with Crippen LogP contribution >= 0.6 is 0 Å². The summed E-state index contributed by atoms with van der Waals surface area (Å²) in [5.74, 6) is 0.